The number of anilines is 1. The molecule has 3 aliphatic heterocycles. The number of carbonyl (C=O) groups is 3. The highest BCUT2D eigenvalue weighted by molar-refractivity contribution is 6.02. The van der Waals surface area contributed by atoms with Crippen molar-refractivity contribution in [3.05, 3.63) is 60.2 Å². The lowest BCUT2D eigenvalue weighted by Gasteiger charge is -2.38. The van der Waals surface area contributed by atoms with E-state index >= 15 is 0 Å². The smallest absolute Gasteiger partial charge is 0.246 e. The number of benzene rings is 2. The number of amides is 3. The fourth-order valence-electron chi connectivity index (χ4n) is 6.69. The molecule has 3 N–H and O–H groups in total. The molecule has 9 nitrogen and oxygen atoms in total. The zero-order valence-electron chi connectivity index (χ0n) is 23.6. The summed E-state index contributed by atoms with van der Waals surface area (Å²) in [7, 11) is 0. The average Bonchev–Trinajstić information content (AvgIpc) is 3.55. The van der Waals surface area contributed by atoms with Crippen molar-refractivity contribution in [2.24, 2.45) is 11.8 Å². The highest BCUT2D eigenvalue weighted by atomic mass is 16.5. The summed E-state index contributed by atoms with van der Waals surface area (Å²) < 4.78 is 12.0. The second-order valence-electron chi connectivity index (χ2n) is 12.0. The summed E-state index contributed by atoms with van der Waals surface area (Å²) in [5.74, 6) is -1.84. The number of aliphatic hydroxyl groups excluding tert-OH is 1. The van der Waals surface area contributed by atoms with E-state index in [0.717, 1.165) is 5.56 Å². The molecule has 2 aromatic rings. The number of rotatable bonds is 9. The molecule has 1 spiro atoms. The minimum atomic E-state index is -1.14. The van der Waals surface area contributed by atoms with Gasteiger partial charge >= 0.3 is 0 Å². The highest BCUT2D eigenvalue weighted by Crippen LogP contribution is 2.59. The molecule has 6 atom stereocenters. The lowest BCUT2D eigenvalue weighted by molar-refractivity contribution is -0.145. The molecular formula is C31H39N3O6. The first-order valence-corrected chi connectivity index (χ1v) is 14.1. The number of ether oxygens (including phenoxy) is 2. The Hall–Kier alpha value is -3.43. The molecule has 0 aromatic heterocycles. The van der Waals surface area contributed by atoms with Gasteiger partial charge in [-0.2, -0.15) is 0 Å². The molecule has 3 aliphatic rings. The van der Waals surface area contributed by atoms with Crippen molar-refractivity contribution < 1.29 is 29.0 Å². The Kier molecular flexibility index (Phi) is 7.63. The van der Waals surface area contributed by atoms with Crippen LogP contribution >= 0.6 is 0 Å². The highest BCUT2D eigenvalue weighted by Gasteiger charge is 2.75. The van der Waals surface area contributed by atoms with Crippen LogP contribution in [0.5, 0.6) is 5.75 Å². The molecule has 0 saturated carbocycles. The summed E-state index contributed by atoms with van der Waals surface area (Å²) in [5.41, 5.74) is -0.154. The number of fused-ring (bicyclic) bond motifs is 1. The molecule has 5 rings (SSSR count). The van der Waals surface area contributed by atoms with Gasteiger partial charge in [0.1, 0.15) is 17.4 Å². The summed E-state index contributed by atoms with van der Waals surface area (Å²) in [6.07, 6.45) is 0.965. The van der Waals surface area contributed by atoms with E-state index in [1.165, 1.54) is 4.90 Å². The van der Waals surface area contributed by atoms with Crippen LogP contribution in [0.4, 0.5) is 5.69 Å². The first kappa shape index (κ1) is 28.1. The minimum absolute atomic E-state index is 0.311. The maximum absolute atomic E-state index is 14.3. The summed E-state index contributed by atoms with van der Waals surface area (Å²) in [6.45, 7) is 7.77. The van der Waals surface area contributed by atoms with E-state index in [-0.39, 0.29) is 24.3 Å². The van der Waals surface area contributed by atoms with Gasteiger partial charge in [0.15, 0.2) is 0 Å². The first-order valence-electron chi connectivity index (χ1n) is 14.1. The fourth-order valence-corrected chi connectivity index (χ4v) is 6.69. The van der Waals surface area contributed by atoms with Gasteiger partial charge in [0.2, 0.25) is 17.7 Å². The van der Waals surface area contributed by atoms with Crippen LogP contribution in [-0.4, -0.2) is 70.3 Å². The molecule has 0 aliphatic carbocycles. The largest absolute Gasteiger partial charge is 0.494 e. The third-order valence-corrected chi connectivity index (χ3v) is 8.14. The lowest BCUT2D eigenvalue weighted by Crippen LogP contribution is -2.60. The van der Waals surface area contributed by atoms with Gasteiger partial charge in [-0.05, 0) is 76.8 Å². The van der Waals surface area contributed by atoms with Gasteiger partial charge in [-0.25, -0.2) is 0 Å². The summed E-state index contributed by atoms with van der Waals surface area (Å²) in [4.78, 5) is 43.4. The Morgan fingerprint density at radius 2 is 1.82 bits per heavy atom. The van der Waals surface area contributed by atoms with E-state index < -0.39 is 41.2 Å². The summed E-state index contributed by atoms with van der Waals surface area (Å²) in [5, 5.41) is 16.5. The van der Waals surface area contributed by atoms with Gasteiger partial charge in [-0.1, -0.05) is 30.3 Å². The molecule has 3 heterocycles. The Labute approximate surface area is 235 Å². The molecule has 2 aromatic carbocycles. The number of likely N-dealkylation sites (tertiary alicyclic amines) is 1. The minimum Gasteiger partial charge on any atom is -0.494 e. The summed E-state index contributed by atoms with van der Waals surface area (Å²) in [6, 6.07) is 15.0. The van der Waals surface area contributed by atoms with Gasteiger partial charge < -0.3 is 30.1 Å². The van der Waals surface area contributed by atoms with E-state index in [2.05, 4.69) is 10.6 Å². The predicted molar refractivity (Wildman–Crippen MR) is 150 cm³/mol. The molecule has 3 saturated heterocycles. The monoisotopic (exact) mass is 549 g/mol. The molecule has 2 bridgehead atoms. The van der Waals surface area contributed by atoms with Crippen molar-refractivity contribution in [1.82, 2.24) is 10.2 Å². The van der Waals surface area contributed by atoms with Crippen LogP contribution in [-0.2, 0) is 25.5 Å². The number of nitrogens with zero attached hydrogens (tertiary/aromatic N) is 1. The Balaban J connectivity index is 1.47. The molecule has 40 heavy (non-hydrogen) atoms. The third-order valence-electron chi connectivity index (χ3n) is 8.14. The van der Waals surface area contributed by atoms with Crippen molar-refractivity contribution in [3.8, 4) is 5.75 Å². The zero-order valence-corrected chi connectivity index (χ0v) is 23.6. The van der Waals surface area contributed by atoms with E-state index in [9.17, 15) is 19.5 Å². The fraction of sp³-hybridized carbons (Fsp3) is 0.516. The maximum atomic E-state index is 14.3. The van der Waals surface area contributed by atoms with E-state index in [4.69, 9.17) is 9.47 Å². The van der Waals surface area contributed by atoms with Crippen LogP contribution < -0.4 is 15.4 Å². The lowest BCUT2D eigenvalue weighted by atomic mass is 9.70. The zero-order chi connectivity index (χ0) is 28.7. The van der Waals surface area contributed by atoms with Crippen LogP contribution in [0.25, 0.3) is 0 Å². The van der Waals surface area contributed by atoms with Gasteiger partial charge in [0.25, 0.3) is 0 Å². The number of hydrogen-bond acceptors (Lipinski definition) is 6. The first-order chi connectivity index (χ1) is 19.1. The Morgan fingerprint density at radius 3 is 2.45 bits per heavy atom. The van der Waals surface area contributed by atoms with Crippen LogP contribution in [0.15, 0.2) is 54.6 Å². The normalized spacial score (nSPS) is 27.8. The quantitative estimate of drug-likeness (QED) is 0.443. The van der Waals surface area contributed by atoms with Crippen LogP contribution in [0.3, 0.4) is 0 Å². The number of nitrogens with one attached hydrogen (secondary N) is 2. The topological polar surface area (TPSA) is 117 Å². The molecule has 3 fully saturated rings. The predicted octanol–water partition coefficient (Wildman–Crippen LogP) is 2.92. The van der Waals surface area contributed by atoms with Crippen molar-refractivity contribution in [2.75, 3.05) is 18.5 Å². The molecule has 0 radical (unpaired) electrons. The average molecular weight is 550 g/mol. The van der Waals surface area contributed by atoms with Crippen molar-refractivity contribution >= 4 is 23.4 Å². The van der Waals surface area contributed by atoms with Gasteiger partial charge in [-0.15, -0.1) is 0 Å². The van der Waals surface area contributed by atoms with E-state index in [0.29, 0.717) is 37.3 Å². The molecule has 9 heteroatoms. The van der Waals surface area contributed by atoms with E-state index in [1.807, 2.05) is 58.0 Å². The summed E-state index contributed by atoms with van der Waals surface area (Å²) >= 11 is 0. The molecule has 2 unspecified atom stereocenters. The number of carbonyl (C=O) groups excluding carboxylic acids is 3. The Bertz CT molecular complexity index is 1240. The second-order valence-corrected chi connectivity index (χ2v) is 12.0. The van der Waals surface area contributed by atoms with Crippen LogP contribution in [0.1, 0.15) is 46.1 Å². The SMILES string of the molecule is CCOc1ccc(NC(=O)[C@@H]2[C@H]3C(=O)N([C@@H](CO)Cc4ccccc4)C(C(=O)NC(C)(C)C)C34CC[C@H]2O4)cc1. The number of aliphatic hydroxyl groups is 1. The van der Waals surface area contributed by atoms with Gasteiger partial charge in [0, 0.05) is 11.2 Å². The van der Waals surface area contributed by atoms with Gasteiger partial charge in [-0.3, -0.25) is 14.4 Å². The molecule has 3 amide bonds. The van der Waals surface area contributed by atoms with Crippen LogP contribution in [0, 0.1) is 11.8 Å². The van der Waals surface area contributed by atoms with E-state index in [1.54, 1.807) is 24.3 Å². The third kappa shape index (κ3) is 5.08. The molecule has 214 valence electrons. The molecular weight excluding hydrogens is 510 g/mol. The van der Waals surface area contributed by atoms with Gasteiger partial charge in [0.05, 0.1) is 37.2 Å². The van der Waals surface area contributed by atoms with Crippen molar-refractivity contribution in [3.63, 3.8) is 0 Å². The second kappa shape index (κ2) is 10.9. The standard InChI is InChI=1S/C31H39N3O6/c1-5-39-22-13-11-20(12-14-22)32-27(36)24-23-15-16-31(40-23)25(24)29(38)34(26(31)28(37)33-30(2,3)4)21(18-35)17-19-9-7-6-8-10-19/h6-14,21,23-26,35H,5,15-18H2,1-4H3,(H,32,36)(H,33,37)/t21-,23-,24+,25+,26?,31?/m1/s1. The number of hydrogen-bond donors (Lipinski definition) is 3. The van der Waals surface area contributed by atoms with Crippen LogP contribution in [0.2, 0.25) is 0 Å². The van der Waals surface area contributed by atoms with Crippen molar-refractivity contribution in [1.29, 1.82) is 0 Å². The Morgan fingerprint density at radius 1 is 1.12 bits per heavy atom. The van der Waals surface area contributed by atoms with Crippen molar-refractivity contribution in [2.45, 2.75) is 76.3 Å². The maximum Gasteiger partial charge on any atom is 0.246 e.